The maximum atomic E-state index is 13.5. The van der Waals surface area contributed by atoms with Crippen LogP contribution in [0, 0.1) is 5.92 Å². The predicted octanol–water partition coefficient (Wildman–Crippen LogP) is 5.62. The molecular formula is C29H33N3O2S. The second-order valence-corrected chi connectivity index (χ2v) is 10.7. The quantitative estimate of drug-likeness (QED) is 0.470. The lowest BCUT2D eigenvalue weighted by molar-refractivity contribution is -0.115. The van der Waals surface area contributed by atoms with Gasteiger partial charge in [-0.2, -0.15) is 0 Å². The highest BCUT2D eigenvalue weighted by molar-refractivity contribution is 7.10. The summed E-state index contributed by atoms with van der Waals surface area (Å²) in [7, 11) is 0. The van der Waals surface area contributed by atoms with E-state index < -0.39 is 0 Å². The van der Waals surface area contributed by atoms with Gasteiger partial charge in [0.25, 0.3) is 5.91 Å². The van der Waals surface area contributed by atoms with Crippen LogP contribution in [0.5, 0.6) is 0 Å². The van der Waals surface area contributed by atoms with Crippen LogP contribution in [0.1, 0.15) is 46.5 Å². The minimum atomic E-state index is -0.0542. The molecule has 0 bridgehead atoms. The highest BCUT2D eigenvalue weighted by Crippen LogP contribution is 2.31. The van der Waals surface area contributed by atoms with Crippen LogP contribution in [-0.2, 0) is 17.6 Å². The molecule has 2 fully saturated rings. The molecule has 5 nitrogen and oxygen atoms in total. The van der Waals surface area contributed by atoms with Crippen LogP contribution in [0.3, 0.4) is 0 Å². The highest BCUT2D eigenvalue weighted by Gasteiger charge is 2.27. The predicted molar refractivity (Wildman–Crippen MR) is 143 cm³/mol. The number of likely N-dealkylation sites (tertiary alicyclic amines) is 1. The lowest BCUT2D eigenvalue weighted by Gasteiger charge is -2.35. The van der Waals surface area contributed by atoms with Crippen molar-refractivity contribution >= 4 is 34.5 Å². The molecule has 3 aromatic rings. The Kier molecular flexibility index (Phi) is 7.48. The molecule has 2 saturated heterocycles. The molecule has 0 radical (unpaired) electrons. The fourth-order valence-corrected chi connectivity index (χ4v) is 5.96. The molecule has 182 valence electrons. The van der Waals surface area contributed by atoms with E-state index >= 15 is 0 Å². The fraction of sp³-hybridized carbons (Fsp3) is 0.379. The third kappa shape index (κ3) is 5.93. The van der Waals surface area contributed by atoms with E-state index in [1.807, 2.05) is 40.6 Å². The molecule has 0 atom stereocenters. The zero-order chi connectivity index (χ0) is 24.0. The molecule has 0 aliphatic carbocycles. The number of thiophene rings is 1. The second-order valence-electron chi connectivity index (χ2n) is 9.66. The Hall–Kier alpha value is -3.12. The number of carbonyl (C=O) groups is 2. The summed E-state index contributed by atoms with van der Waals surface area (Å²) in [5.41, 5.74) is 3.80. The molecule has 6 heteroatoms. The number of amides is 2. The molecule has 5 rings (SSSR count). The summed E-state index contributed by atoms with van der Waals surface area (Å²) < 4.78 is 0. The maximum Gasteiger partial charge on any atom is 0.256 e. The third-order valence-electron chi connectivity index (χ3n) is 7.14. The van der Waals surface area contributed by atoms with E-state index in [0.717, 1.165) is 68.8 Å². The van der Waals surface area contributed by atoms with Gasteiger partial charge in [0.05, 0.1) is 12.0 Å². The van der Waals surface area contributed by atoms with Gasteiger partial charge >= 0.3 is 0 Å². The number of piperidine rings is 1. The first-order valence-electron chi connectivity index (χ1n) is 12.7. The van der Waals surface area contributed by atoms with E-state index in [-0.39, 0.29) is 11.8 Å². The van der Waals surface area contributed by atoms with Gasteiger partial charge in [-0.25, -0.2) is 0 Å². The van der Waals surface area contributed by atoms with E-state index in [9.17, 15) is 9.59 Å². The molecular weight excluding hydrogens is 454 g/mol. The standard InChI is InChI=1S/C29H33N3O2S/c33-28(21-25-9-6-18-35-25)30-24-10-11-27(26(20-24)29(34)32-14-4-5-15-32)31-16-12-23(13-17-31)19-22-7-2-1-3-8-22/h1-3,6-11,18,20,23H,4-5,12-17,19,21H2,(H,30,33). The van der Waals surface area contributed by atoms with Crippen molar-refractivity contribution in [1.29, 1.82) is 0 Å². The van der Waals surface area contributed by atoms with E-state index in [0.29, 0.717) is 23.6 Å². The van der Waals surface area contributed by atoms with Gasteiger partial charge < -0.3 is 15.1 Å². The number of hydrogen-bond donors (Lipinski definition) is 1. The first-order chi connectivity index (χ1) is 17.2. The molecule has 2 amide bonds. The van der Waals surface area contributed by atoms with Gasteiger partial charge in [0.15, 0.2) is 0 Å². The van der Waals surface area contributed by atoms with Gasteiger partial charge in [0.2, 0.25) is 5.91 Å². The fourth-order valence-electron chi connectivity index (χ4n) is 5.25. The highest BCUT2D eigenvalue weighted by atomic mass is 32.1. The van der Waals surface area contributed by atoms with Crippen molar-refractivity contribution in [3.8, 4) is 0 Å². The van der Waals surface area contributed by atoms with Crippen LogP contribution in [-0.4, -0.2) is 42.9 Å². The summed E-state index contributed by atoms with van der Waals surface area (Å²) in [4.78, 5) is 31.4. The van der Waals surface area contributed by atoms with Crippen molar-refractivity contribution in [2.24, 2.45) is 5.92 Å². The average Bonchev–Trinajstić information content (AvgIpc) is 3.60. The zero-order valence-electron chi connectivity index (χ0n) is 20.1. The second kappa shape index (κ2) is 11.1. The Balaban J connectivity index is 1.30. The van der Waals surface area contributed by atoms with Crippen molar-refractivity contribution in [3.05, 3.63) is 82.0 Å². The Labute approximate surface area is 211 Å². The van der Waals surface area contributed by atoms with Gasteiger partial charge in [-0.3, -0.25) is 9.59 Å². The number of carbonyl (C=O) groups excluding carboxylic acids is 2. The molecule has 1 aromatic heterocycles. The van der Waals surface area contributed by atoms with Crippen molar-refractivity contribution in [2.45, 2.75) is 38.5 Å². The minimum absolute atomic E-state index is 0.0542. The van der Waals surface area contributed by atoms with E-state index in [4.69, 9.17) is 0 Å². The van der Waals surface area contributed by atoms with Gasteiger partial charge in [-0.15, -0.1) is 11.3 Å². The van der Waals surface area contributed by atoms with E-state index in [1.54, 1.807) is 11.3 Å². The first kappa shape index (κ1) is 23.6. The smallest absolute Gasteiger partial charge is 0.256 e. The number of benzene rings is 2. The largest absolute Gasteiger partial charge is 0.371 e. The van der Waals surface area contributed by atoms with Crippen LogP contribution in [0.4, 0.5) is 11.4 Å². The Morgan fingerprint density at radius 2 is 1.69 bits per heavy atom. The van der Waals surface area contributed by atoms with Gasteiger partial charge in [-0.1, -0.05) is 36.4 Å². The molecule has 3 heterocycles. The lowest BCUT2D eigenvalue weighted by atomic mass is 9.89. The van der Waals surface area contributed by atoms with Crippen LogP contribution in [0.25, 0.3) is 0 Å². The Morgan fingerprint density at radius 3 is 2.40 bits per heavy atom. The maximum absolute atomic E-state index is 13.5. The average molecular weight is 488 g/mol. The summed E-state index contributed by atoms with van der Waals surface area (Å²) in [6.45, 7) is 3.52. The topological polar surface area (TPSA) is 52.7 Å². The number of nitrogens with zero attached hydrogens (tertiary/aromatic N) is 2. The van der Waals surface area contributed by atoms with Crippen LogP contribution >= 0.6 is 11.3 Å². The number of nitrogens with one attached hydrogen (secondary N) is 1. The molecule has 35 heavy (non-hydrogen) atoms. The summed E-state index contributed by atoms with van der Waals surface area (Å²) in [6, 6.07) is 20.5. The third-order valence-corrected chi connectivity index (χ3v) is 8.02. The summed E-state index contributed by atoms with van der Waals surface area (Å²) >= 11 is 1.58. The number of hydrogen-bond acceptors (Lipinski definition) is 4. The van der Waals surface area contributed by atoms with Crippen LogP contribution in [0.15, 0.2) is 66.0 Å². The van der Waals surface area contributed by atoms with Gasteiger partial charge in [-0.05, 0) is 73.2 Å². The SMILES string of the molecule is O=C(Cc1cccs1)Nc1ccc(N2CCC(Cc3ccccc3)CC2)c(C(=O)N2CCCC2)c1. The van der Waals surface area contributed by atoms with Crippen molar-refractivity contribution in [2.75, 3.05) is 36.4 Å². The van der Waals surface area contributed by atoms with Crippen LogP contribution in [0.2, 0.25) is 0 Å². The molecule has 0 spiro atoms. The van der Waals surface area contributed by atoms with Gasteiger partial charge in [0, 0.05) is 42.4 Å². The Bertz CT molecular complexity index is 1130. The van der Waals surface area contributed by atoms with Crippen molar-refractivity contribution in [1.82, 2.24) is 4.90 Å². The molecule has 0 saturated carbocycles. The normalized spacial score (nSPS) is 16.5. The summed E-state index contributed by atoms with van der Waals surface area (Å²) in [6.07, 6.45) is 5.82. The molecule has 1 N–H and O–H groups in total. The molecule has 2 aromatic carbocycles. The van der Waals surface area contributed by atoms with Crippen molar-refractivity contribution in [3.63, 3.8) is 0 Å². The van der Waals surface area contributed by atoms with E-state index in [1.165, 1.54) is 5.56 Å². The monoisotopic (exact) mass is 487 g/mol. The van der Waals surface area contributed by atoms with Crippen molar-refractivity contribution < 1.29 is 9.59 Å². The van der Waals surface area contributed by atoms with Crippen LogP contribution < -0.4 is 10.2 Å². The number of rotatable bonds is 7. The molecule has 2 aliphatic heterocycles. The molecule has 2 aliphatic rings. The minimum Gasteiger partial charge on any atom is -0.371 e. The zero-order valence-corrected chi connectivity index (χ0v) is 20.9. The Morgan fingerprint density at radius 1 is 0.914 bits per heavy atom. The molecule has 0 unspecified atom stereocenters. The summed E-state index contributed by atoms with van der Waals surface area (Å²) in [5.74, 6) is 0.696. The lowest BCUT2D eigenvalue weighted by Crippen LogP contribution is -2.36. The number of anilines is 2. The first-order valence-corrected chi connectivity index (χ1v) is 13.6. The summed E-state index contributed by atoms with van der Waals surface area (Å²) in [5, 5.41) is 4.99. The van der Waals surface area contributed by atoms with Gasteiger partial charge in [0.1, 0.15) is 0 Å². The van der Waals surface area contributed by atoms with E-state index in [2.05, 4.69) is 40.5 Å².